The van der Waals surface area contributed by atoms with Gasteiger partial charge in [0.2, 0.25) is 0 Å². The van der Waals surface area contributed by atoms with E-state index in [9.17, 15) is 9.59 Å². The van der Waals surface area contributed by atoms with Crippen LogP contribution in [0.4, 0.5) is 0 Å². The molecule has 2 aliphatic rings. The van der Waals surface area contributed by atoms with E-state index in [0.29, 0.717) is 12.4 Å². The molecule has 2 saturated carbocycles. The smallest absolute Gasteiger partial charge is 0.313 e. The maximum atomic E-state index is 12.3. The SMILES string of the molecule is COC(=O)[C@H]1[C@H](OC=O)CCC2C(C)(C)CCC[C@@]21C. The van der Waals surface area contributed by atoms with Crippen LogP contribution in [0.15, 0.2) is 0 Å². The molecule has 0 spiro atoms. The molecule has 4 nitrogen and oxygen atoms in total. The maximum absolute atomic E-state index is 12.3. The molecule has 0 aromatic heterocycles. The van der Waals surface area contributed by atoms with E-state index in [2.05, 4.69) is 20.8 Å². The molecule has 0 aliphatic heterocycles. The summed E-state index contributed by atoms with van der Waals surface area (Å²) < 4.78 is 10.2. The van der Waals surface area contributed by atoms with Crippen molar-refractivity contribution in [3.63, 3.8) is 0 Å². The first-order valence-corrected chi connectivity index (χ1v) is 7.54. The minimum Gasteiger partial charge on any atom is -0.469 e. The van der Waals surface area contributed by atoms with Crippen molar-refractivity contribution in [2.75, 3.05) is 7.11 Å². The topological polar surface area (TPSA) is 52.6 Å². The molecule has 114 valence electrons. The lowest BCUT2D eigenvalue weighted by Crippen LogP contribution is -2.56. The van der Waals surface area contributed by atoms with Crippen molar-refractivity contribution in [2.24, 2.45) is 22.7 Å². The fraction of sp³-hybridized carbons (Fsp3) is 0.875. The molecule has 0 bridgehead atoms. The van der Waals surface area contributed by atoms with Crippen molar-refractivity contribution in [1.29, 1.82) is 0 Å². The van der Waals surface area contributed by atoms with Crippen LogP contribution in [-0.2, 0) is 19.1 Å². The molecule has 20 heavy (non-hydrogen) atoms. The van der Waals surface area contributed by atoms with Crippen molar-refractivity contribution < 1.29 is 19.1 Å². The molecule has 4 atom stereocenters. The Morgan fingerprint density at radius 1 is 1.20 bits per heavy atom. The maximum Gasteiger partial charge on any atom is 0.313 e. The molecule has 4 heteroatoms. The second-order valence-electron chi connectivity index (χ2n) is 7.25. The van der Waals surface area contributed by atoms with Gasteiger partial charge in [-0.3, -0.25) is 9.59 Å². The third-order valence-corrected chi connectivity index (χ3v) is 5.78. The van der Waals surface area contributed by atoms with Crippen molar-refractivity contribution >= 4 is 12.4 Å². The first-order valence-electron chi connectivity index (χ1n) is 7.54. The Morgan fingerprint density at radius 3 is 2.50 bits per heavy atom. The molecular formula is C16H26O4. The Morgan fingerprint density at radius 2 is 1.90 bits per heavy atom. The van der Waals surface area contributed by atoms with Gasteiger partial charge in [-0.25, -0.2) is 0 Å². The highest BCUT2D eigenvalue weighted by Crippen LogP contribution is 2.60. The highest BCUT2D eigenvalue weighted by atomic mass is 16.5. The van der Waals surface area contributed by atoms with Gasteiger partial charge in [-0.2, -0.15) is 0 Å². The van der Waals surface area contributed by atoms with Crippen molar-refractivity contribution in [3.8, 4) is 0 Å². The van der Waals surface area contributed by atoms with E-state index >= 15 is 0 Å². The summed E-state index contributed by atoms with van der Waals surface area (Å²) in [5, 5.41) is 0. The van der Waals surface area contributed by atoms with Crippen LogP contribution in [0.1, 0.15) is 52.9 Å². The summed E-state index contributed by atoms with van der Waals surface area (Å²) in [4.78, 5) is 23.1. The number of carbonyl (C=O) groups is 2. The summed E-state index contributed by atoms with van der Waals surface area (Å²) in [6.07, 6.45) is 4.73. The molecule has 0 saturated heterocycles. The summed E-state index contributed by atoms with van der Waals surface area (Å²) in [7, 11) is 1.42. The van der Waals surface area contributed by atoms with Gasteiger partial charge < -0.3 is 9.47 Å². The lowest BCUT2D eigenvalue weighted by Gasteiger charge is -2.57. The normalized spacial score (nSPS) is 39.5. The molecular weight excluding hydrogens is 256 g/mol. The molecule has 1 unspecified atom stereocenters. The van der Waals surface area contributed by atoms with Gasteiger partial charge in [0.1, 0.15) is 6.10 Å². The highest BCUT2D eigenvalue weighted by molar-refractivity contribution is 5.74. The monoisotopic (exact) mass is 282 g/mol. The summed E-state index contributed by atoms with van der Waals surface area (Å²) in [5.74, 6) is -0.0999. The van der Waals surface area contributed by atoms with Crippen LogP contribution < -0.4 is 0 Å². The predicted octanol–water partition coefficient (Wildman–Crippen LogP) is 2.94. The van der Waals surface area contributed by atoms with E-state index in [1.54, 1.807) is 0 Å². The summed E-state index contributed by atoms with van der Waals surface area (Å²) in [6.45, 7) is 7.24. The van der Waals surface area contributed by atoms with E-state index in [0.717, 1.165) is 25.7 Å². The van der Waals surface area contributed by atoms with Crippen LogP contribution in [0.3, 0.4) is 0 Å². The number of hydrogen-bond acceptors (Lipinski definition) is 4. The first-order chi connectivity index (χ1) is 9.36. The lowest BCUT2D eigenvalue weighted by atomic mass is 9.48. The van der Waals surface area contributed by atoms with Gasteiger partial charge in [0.05, 0.1) is 13.0 Å². The largest absolute Gasteiger partial charge is 0.469 e. The zero-order chi connectivity index (χ0) is 15.0. The predicted molar refractivity (Wildman–Crippen MR) is 74.9 cm³/mol. The Balaban J connectivity index is 2.38. The van der Waals surface area contributed by atoms with Crippen LogP contribution in [0.2, 0.25) is 0 Å². The number of fused-ring (bicyclic) bond motifs is 1. The molecule has 0 radical (unpaired) electrons. The van der Waals surface area contributed by atoms with Crippen LogP contribution in [0.25, 0.3) is 0 Å². The van der Waals surface area contributed by atoms with Crippen LogP contribution in [0.5, 0.6) is 0 Å². The van der Waals surface area contributed by atoms with Gasteiger partial charge in [0.25, 0.3) is 6.47 Å². The highest BCUT2D eigenvalue weighted by Gasteiger charge is 2.58. The van der Waals surface area contributed by atoms with Crippen molar-refractivity contribution in [2.45, 2.75) is 59.0 Å². The number of methoxy groups -OCH3 is 1. The Bertz CT molecular complexity index is 390. The minimum atomic E-state index is -0.338. The second-order valence-corrected chi connectivity index (χ2v) is 7.25. The van der Waals surface area contributed by atoms with Crippen molar-refractivity contribution in [3.05, 3.63) is 0 Å². The number of ether oxygens (including phenoxy) is 2. The van der Waals surface area contributed by atoms with E-state index in [4.69, 9.17) is 9.47 Å². The molecule has 0 aromatic rings. The van der Waals surface area contributed by atoms with Crippen LogP contribution >= 0.6 is 0 Å². The Hall–Kier alpha value is -1.06. The molecule has 2 rings (SSSR count). The van der Waals surface area contributed by atoms with Gasteiger partial charge in [0, 0.05) is 0 Å². The number of hydrogen-bond donors (Lipinski definition) is 0. The summed E-state index contributed by atoms with van der Waals surface area (Å²) in [6, 6.07) is 0. The van der Waals surface area contributed by atoms with Crippen LogP contribution in [0, 0.1) is 22.7 Å². The van der Waals surface area contributed by atoms with E-state index in [1.165, 1.54) is 13.5 Å². The van der Waals surface area contributed by atoms with Gasteiger partial charge in [-0.1, -0.05) is 27.2 Å². The van der Waals surface area contributed by atoms with Gasteiger partial charge in [-0.15, -0.1) is 0 Å². The number of carbonyl (C=O) groups excluding carboxylic acids is 2. The quantitative estimate of drug-likeness (QED) is 0.590. The minimum absolute atomic E-state index is 0.138. The molecule has 0 heterocycles. The average Bonchev–Trinajstić information content (AvgIpc) is 2.37. The average molecular weight is 282 g/mol. The van der Waals surface area contributed by atoms with Gasteiger partial charge in [-0.05, 0) is 42.4 Å². The zero-order valence-electron chi connectivity index (χ0n) is 13.0. The zero-order valence-corrected chi connectivity index (χ0v) is 13.0. The molecule has 2 aliphatic carbocycles. The van der Waals surface area contributed by atoms with Crippen molar-refractivity contribution in [1.82, 2.24) is 0 Å². The summed E-state index contributed by atoms with van der Waals surface area (Å²) in [5.41, 5.74) is 0.0895. The number of esters is 1. The fourth-order valence-corrected chi connectivity index (χ4v) is 4.95. The molecule has 0 N–H and O–H groups in total. The molecule has 0 amide bonds. The summed E-state index contributed by atoms with van der Waals surface area (Å²) >= 11 is 0. The van der Waals surface area contributed by atoms with E-state index in [-0.39, 0.29) is 28.8 Å². The number of rotatable bonds is 3. The Kier molecular flexibility index (Phi) is 4.12. The second kappa shape index (κ2) is 5.38. The lowest BCUT2D eigenvalue weighted by molar-refractivity contribution is -0.182. The Labute approximate surface area is 121 Å². The van der Waals surface area contributed by atoms with E-state index < -0.39 is 0 Å². The molecule has 2 fully saturated rings. The first kappa shape index (κ1) is 15.3. The van der Waals surface area contributed by atoms with Gasteiger partial charge >= 0.3 is 5.97 Å². The molecule has 0 aromatic carbocycles. The van der Waals surface area contributed by atoms with E-state index in [1.807, 2.05) is 0 Å². The standard InChI is InChI=1S/C16H26O4/c1-15(2)8-5-9-16(3)12(15)7-6-11(20-10-17)13(16)14(18)19-4/h10-13H,5-9H2,1-4H3/t11-,12?,13-,16+/m1/s1. The third-order valence-electron chi connectivity index (χ3n) is 5.78. The third kappa shape index (κ3) is 2.33. The van der Waals surface area contributed by atoms with Gasteiger partial charge in [0.15, 0.2) is 0 Å². The van der Waals surface area contributed by atoms with Crippen LogP contribution in [-0.4, -0.2) is 25.7 Å². The fourth-order valence-electron chi connectivity index (χ4n) is 4.95.